The number of fused-ring (bicyclic) bond motifs is 1. The van der Waals surface area contributed by atoms with E-state index in [0.717, 1.165) is 41.0 Å². The molecule has 0 aliphatic carbocycles. The molecule has 158 valence electrons. The first-order valence-electron chi connectivity index (χ1n) is 10.6. The van der Waals surface area contributed by atoms with E-state index in [1.165, 1.54) is 7.11 Å². The highest BCUT2D eigenvalue weighted by Crippen LogP contribution is 2.37. The number of hydrogen-bond acceptors (Lipinski definition) is 5. The third kappa shape index (κ3) is 4.41. The molecule has 3 heterocycles. The standard InChI is InChI=1S/C25H30N2O3/c1-25(2,3)20-10-19(24(28)29-4)14-27(15-20)16-21-11-18-12-22(26-13-23(18)30-21)17-8-6-5-7-9-17/h5-9,11-13,19-20H,10,14-16H2,1-4H3/t19-,20-/m1/s1. The number of carbonyl (C=O) groups is 1. The van der Waals surface area contributed by atoms with Gasteiger partial charge in [0.2, 0.25) is 0 Å². The molecule has 1 aromatic carbocycles. The molecule has 0 radical (unpaired) electrons. The molecule has 2 aromatic heterocycles. The Morgan fingerprint density at radius 2 is 1.97 bits per heavy atom. The number of piperidine rings is 1. The molecule has 0 saturated carbocycles. The minimum absolute atomic E-state index is 0.0938. The lowest BCUT2D eigenvalue weighted by Crippen LogP contribution is -2.46. The minimum Gasteiger partial charge on any atom is -0.469 e. The number of rotatable bonds is 4. The van der Waals surface area contributed by atoms with Gasteiger partial charge in [-0.05, 0) is 29.9 Å². The smallest absolute Gasteiger partial charge is 0.309 e. The fourth-order valence-corrected chi connectivity index (χ4v) is 4.35. The highest BCUT2D eigenvalue weighted by molar-refractivity contribution is 5.81. The topological polar surface area (TPSA) is 55.6 Å². The van der Waals surface area contributed by atoms with E-state index in [4.69, 9.17) is 9.15 Å². The lowest BCUT2D eigenvalue weighted by molar-refractivity contribution is -0.149. The lowest BCUT2D eigenvalue weighted by Gasteiger charge is -2.42. The number of carbonyl (C=O) groups excluding carboxylic acids is 1. The lowest BCUT2D eigenvalue weighted by atomic mass is 9.73. The first kappa shape index (κ1) is 20.6. The third-order valence-electron chi connectivity index (χ3n) is 6.19. The van der Waals surface area contributed by atoms with Gasteiger partial charge in [-0.15, -0.1) is 0 Å². The van der Waals surface area contributed by atoms with Crippen LogP contribution in [0.1, 0.15) is 33.0 Å². The van der Waals surface area contributed by atoms with E-state index in [9.17, 15) is 4.79 Å². The maximum absolute atomic E-state index is 12.3. The molecule has 5 nitrogen and oxygen atoms in total. The molecule has 0 spiro atoms. The Kier molecular flexibility index (Phi) is 5.65. The molecular weight excluding hydrogens is 376 g/mol. The summed E-state index contributed by atoms with van der Waals surface area (Å²) in [6, 6.07) is 14.3. The predicted octanol–water partition coefficient (Wildman–Crippen LogP) is 5.15. The SMILES string of the molecule is COC(=O)[C@@H]1C[C@@H](C(C)(C)C)CN(Cc2cc3cc(-c4ccccc4)ncc3o2)C1. The number of nitrogens with zero attached hydrogens (tertiary/aromatic N) is 2. The number of furan rings is 1. The van der Waals surface area contributed by atoms with Crippen LogP contribution in [0.3, 0.4) is 0 Å². The second-order valence-electron chi connectivity index (χ2n) is 9.40. The summed E-state index contributed by atoms with van der Waals surface area (Å²) < 4.78 is 11.1. The molecular formula is C25H30N2O3. The van der Waals surface area contributed by atoms with Crippen molar-refractivity contribution in [2.75, 3.05) is 20.2 Å². The highest BCUT2D eigenvalue weighted by Gasteiger charge is 2.37. The zero-order valence-corrected chi connectivity index (χ0v) is 18.2. The summed E-state index contributed by atoms with van der Waals surface area (Å²) in [6.07, 6.45) is 2.67. The van der Waals surface area contributed by atoms with Gasteiger partial charge in [-0.25, -0.2) is 0 Å². The van der Waals surface area contributed by atoms with Crippen molar-refractivity contribution in [1.29, 1.82) is 0 Å². The summed E-state index contributed by atoms with van der Waals surface area (Å²) in [6.45, 7) is 9.05. The van der Waals surface area contributed by atoms with E-state index in [-0.39, 0.29) is 17.3 Å². The summed E-state index contributed by atoms with van der Waals surface area (Å²) >= 11 is 0. The van der Waals surface area contributed by atoms with Crippen LogP contribution in [0.15, 0.2) is 53.1 Å². The van der Waals surface area contributed by atoms with Crippen LogP contribution in [0.4, 0.5) is 0 Å². The summed E-state index contributed by atoms with van der Waals surface area (Å²) in [5.41, 5.74) is 2.95. The molecule has 1 aliphatic heterocycles. The van der Waals surface area contributed by atoms with Crippen molar-refractivity contribution in [3.8, 4) is 11.3 Å². The first-order valence-corrected chi connectivity index (χ1v) is 10.6. The van der Waals surface area contributed by atoms with Crippen molar-refractivity contribution in [1.82, 2.24) is 9.88 Å². The summed E-state index contributed by atoms with van der Waals surface area (Å²) in [4.78, 5) is 19.2. The number of ether oxygens (including phenoxy) is 1. The van der Waals surface area contributed by atoms with Crippen LogP contribution < -0.4 is 0 Å². The van der Waals surface area contributed by atoms with Crippen LogP contribution in [0, 0.1) is 17.3 Å². The van der Waals surface area contributed by atoms with Gasteiger partial charge in [0.15, 0.2) is 5.58 Å². The average Bonchev–Trinajstić information content (AvgIpc) is 3.14. The molecule has 2 atom stereocenters. The molecule has 0 amide bonds. The molecule has 30 heavy (non-hydrogen) atoms. The van der Waals surface area contributed by atoms with Gasteiger partial charge in [-0.3, -0.25) is 14.7 Å². The van der Waals surface area contributed by atoms with Crippen LogP contribution in [0.2, 0.25) is 0 Å². The van der Waals surface area contributed by atoms with Crippen molar-refractivity contribution in [2.24, 2.45) is 17.3 Å². The van der Waals surface area contributed by atoms with E-state index >= 15 is 0 Å². The normalized spacial score (nSPS) is 20.4. The Morgan fingerprint density at radius 3 is 2.67 bits per heavy atom. The highest BCUT2D eigenvalue weighted by atomic mass is 16.5. The monoisotopic (exact) mass is 406 g/mol. The largest absolute Gasteiger partial charge is 0.469 e. The second-order valence-corrected chi connectivity index (χ2v) is 9.40. The van der Waals surface area contributed by atoms with Crippen LogP contribution in [-0.4, -0.2) is 36.1 Å². The van der Waals surface area contributed by atoms with E-state index in [2.05, 4.69) is 54.9 Å². The number of benzene rings is 1. The quantitative estimate of drug-likeness (QED) is 0.561. The molecule has 0 N–H and O–H groups in total. The molecule has 1 fully saturated rings. The van der Waals surface area contributed by atoms with E-state index in [1.54, 1.807) is 6.20 Å². The number of esters is 1. The maximum Gasteiger partial charge on any atom is 0.309 e. The van der Waals surface area contributed by atoms with E-state index in [1.807, 2.05) is 18.2 Å². The van der Waals surface area contributed by atoms with E-state index in [0.29, 0.717) is 19.0 Å². The van der Waals surface area contributed by atoms with Gasteiger partial charge in [0, 0.05) is 24.0 Å². The average molecular weight is 407 g/mol. The van der Waals surface area contributed by atoms with Gasteiger partial charge in [-0.2, -0.15) is 0 Å². The minimum atomic E-state index is -0.116. The second kappa shape index (κ2) is 8.23. The fourth-order valence-electron chi connectivity index (χ4n) is 4.35. The number of aromatic nitrogens is 1. The van der Waals surface area contributed by atoms with Gasteiger partial charge in [-0.1, -0.05) is 51.1 Å². The Hall–Kier alpha value is -2.66. The van der Waals surface area contributed by atoms with Gasteiger partial charge >= 0.3 is 5.97 Å². The zero-order chi connectivity index (χ0) is 21.3. The number of likely N-dealkylation sites (tertiary alicyclic amines) is 1. The molecule has 5 heteroatoms. The third-order valence-corrected chi connectivity index (χ3v) is 6.19. The van der Waals surface area contributed by atoms with Gasteiger partial charge in [0.25, 0.3) is 0 Å². The van der Waals surface area contributed by atoms with Crippen molar-refractivity contribution < 1.29 is 13.9 Å². The summed E-state index contributed by atoms with van der Waals surface area (Å²) in [5, 5.41) is 1.05. The molecule has 0 bridgehead atoms. The Balaban J connectivity index is 1.55. The van der Waals surface area contributed by atoms with Crippen LogP contribution in [0.25, 0.3) is 22.2 Å². The molecule has 1 aliphatic rings. The summed E-state index contributed by atoms with van der Waals surface area (Å²) in [7, 11) is 1.48. The Bertz CT molecular complexity index is 1020. The number of hydrogen-bond donors (Lipinski definition) is 0. The zero-order valence-electron chi connectivity index (χ0n) is 18.2. The number of methoxy groups -OCH3 is 1. The van der Waals surface area contributed by atoms with Crippen molar-refractivity contribution in [2.45, 2.75) is 33.7 Å². The van der Waals surface area contributed by atoms with Crippen LogP contribution in [-0.2, 0) is 16.1 Å². The Labute approximate surface area is 178 Å². The van der Waals surface area contributed by atoms with Crippen LogP contribution >= 0.6 is 0 Å². The number of pyridine rings is 1. The maximum atomic E-state index is 12.3. The fraction of sp³-hybridized carbons (Fsp3) is 0.440. The molecule has 1 saturated heterocycles. The van der Waals surface area contributed by atoms with Gasteiger partial charge in [0.1, 0.15) is 5.76 Å². The van der Waals surface area contributed by atoms with Crippen molar-refractivity contribution in [3.05, 3.63) is 54.4 Å². The van der Waals surface area contributed by atoms with Crippen molar-refractivity contribution in [3.63, 3.8) is 0 Å². The van der Waals surface area contributed by atoms with Gasteiger partial charge < -0.3 is 9.15 Å². The van der Waals surface area contributed by atoms with Crippen LogP contribution in [0.5, 0.6) is 0 Å². The molecule has 3 aromatic rings. The van der Waals surface area contributed by atoms with Crippen molar-refractivity contribution >= 4 is 16.9 Å². The Morgan fingerprint density at radius 1 is 1.20 bits per heavy atom. The summed E-state index contributed by atoms with van der Waals surface area (Å²) in [5.74, 6) is 1.11. The predicted molar refractivity (Wildman–Crippen MR) is 118 cm³/mol. The first-order chi connectivity index (χ1) is 14.3. The van der Waals surface area contributed by atoms with Gasteiger partial charge in [0.05, 0.1) is 31.5 Å². The van der Waals surface area contributed by atoms with E-state index < -0.39 is 0 Å². The molecule has 4 rings (SSSR count). The molecule has 0 unspecified atom stereocenters.